The Morgan fingerprint density at radius 3 is 2.57 bits per heavy atom. The molecule has 0 saturated carbocycles. The molecule has 2 aromatic rings. The highest BCUT2D eigenvalue weighted by atomic mass is 35.5. The first-order valence-corrected chi connectivity index (χ1v) is 7.50. The van der Waals surface area contributed by atoms with Gasteiger partial charge in [0, 0.05) is 15.5 Å². The van der Waals surface area contributed by atoms with Gasteiger partial charge in [-0.05, 0) is 24.6 Å². The molecule has 1 aliphatic rings. The fourth-order valence-electron chi connectivity index (χ4n) is 3.13. The van der Waals surface area contributed by atoms with Crippen molar-refractivity contribution in [2.45, 2.75) is 18.3 Å². The fraction of sp³-hybridized carbons (Fsp3) is 0.235. The molecule has 0 unspecified atom stereocenters. The van der Waals surface area contributed by atoms with Crippen LogP contribution in [0.2, 0.25) is 5.02 Å². The minimum Gasteiger partial charge on any atom is -0.426 e. The van der Waals surface area contributed by atoms with Crippen molar-refractivity contribution in [3.05, 3.63) is 74.8 Å². The third-order valence-electron chi connectivity index (χ3n) is 4.38. The summed E-state index contributed by atoms with van der Waals surface area (Å²) in [5, 5.41) is 11.6. The molecule has 2 atom stereocenters. The van der Waals surface area contributed by atoms with Gasteiger partial charge in [-0.3, -0.25) is 14.9 Å². The summed E-state index contributed by atoms with van der Waals surface area (Å²) < 4.78 is 5.34. The highest BCUT2D eigenvalue weighted by molar-refractivity contribution is 6.31. The maximum absolute atomic E-state index is 12.6. The van der Waals surface area contributed by atoms with Crippen LogP contribution in [0, 0.1) is 10.1 Å². The van der Waals surface area contributed by atoms with Crippen LogP contribution in [-0.2, 0) is 10.2 Å². The van der Waals surface area contributed by atoms with Gasteiger partial charge in [0.15, 0.2) is 0 Å². The molecule has 1 aliphatic heterocycles. The molecule has 0 radical (unpaired) electrons. The topological polar surface area (TPSA) is 69.4 Å². The number of esters is 1. The molecular weight excluding hydrogens is 318 g/mol. The summed E-state index contributed by atoms with van der Waals surface area (Å²) in [5.74, 6) is -0.770. The van der Waals surface area contributed by atoms with E-state index >= 15 is 0 Å². The van der Waals surface area contributed by atoms with Crippen molar-refractivity contribution in [3.63, 3.8) is 0 Å². The van der Waals surface area contributed by atoms with Gasteiger partial charge in [0.1, 0.15) is 11.2 Å². The lowest BCUT2D eigenvalue weighted by Crippen LogP contribution is -2.40. The highest BCUT2D eigenvalue weighted by Gasteiger charge is 2.53. The first-order valence-electron chi connectivity index (χ1n) is 7.12. The van der Waals surface area contributed by atoms with E-state index in [1.165, 1.54) is 0 Å². The van der Waals surface area contributed by atoms with Crippen LogP contribution in [0.4, 0.5) is 0 Å². The summed E-state index contributed by atoms with van der Waals surface area (Å²) >= 11 is 6.24. The monoisotopic (exact) mass is 331 g/mol. The smallest absolute Gasteiger partial charge is 0.322 e. The number of nitrogens with zero attached hydrogens (tertiary/aromatic N) is 1. The minimum absolute atomic E-state index is 0.401. The number of benzene rings is 2. The van der Waals surface area contributed by atoms with Crippen molar-refractivity contribution >= 4 is 17.6 Å². The van der Waals surface area contributed by atoms with E-state index in [9.17, 15) is 14.9 Å². The number of hydrogen-bond acceptors (Lipinski definition) is 4. The quantitative estimate of drug-likeness (QED) is 0.371. The van der Waals surface area contributed by atoms with Gasteiger partial charge in [-0.25, -0.2) is 0 Å². The molecule has 0 spiro atoms. The number of halogens is 1. The average Bonchev–Trinajstić information content (AvgIpc) is 2.78. The Bertz CT molecular complexity index is 792. The average molecular weight is 332 g/mol. The van der Waals surface area contributed by atoms with Crippen molar-refractivity contribution in [2.24, 2.45) is 0 Å². The summed E-state index contributed by atoms with van der Waals surface area (Å²) in [6.07, 6.45) is 0. The molecule has 6 heteroatoms. The van der Waals surface area contributed by atoms with Crippen molar-refractivity contribution in [3.8, 4) is 5.75 Å². The number of carbonyl (C=O) groups excluding carboxylic acids is 1. The summed E-state index contributed by atoms with van der Waals surface area (Å²) in [6.45, 7) is 1.27. The molecule has 0 saturated heterocycles. The Labute approximate surface area is 138 Å². The van der Waals surface area contributed by atoms with E-state index in [1.54, 1.807) is 55.5 Å². The zero-order valence-corrected chi connectivity index (χ0v) is 13.1. The van der Waals surface area contributed by atoms with Gasteiger partial charge >= 0.3 is 5.97 Å². The second-order valence-electron chi connectivity index (χ2n) is 5.68. The maximum atomic E-state index is 12.6. The highest BCUT2D eigenvalue weighted by Crippen LogP contribution is 2.49. The molecule has 23 heavy (non-hydrogen) atoms. The summed E-state index contributed by atoms with van der Waals surface area (Å²) in [6, 6.07) is 13.9. The normalized spacial score (nSPS) is 20.7. The molecule has 2 aromatic carbocycles. The van der Waals surface area contributed by atoms with Crippen LogP contribution in [0.1, 0.15) is 24.0 Å². The first kappa shape index (κ1) is 15.5. The molecule has 0 aromatic heterocycles. The van der Waals surface area contributed by atoms with Crippen LogP contribution >= 0.6 is 11.6 Å². The van der Waals surface area contributed by atoms with Crippen molar-refractivity contribution < 1.29 is 14.5 Å². The largest absolute Gasteiger partial charge is 0.426 e. The number of carbonyl (C=O) groups is 1. The predicted molar refractivity (Wildman–Crippen MR) is 85.5 cm³/mol. The summed E-state index contributed by atoms with van der Waals surface area (Å²) in [7, 11) is 0. The van der Waals surface area contributed by atoms with Crippen molar-refractivity contribution in [2.75, 3.05) is 6.54 Å². The number of fused-ring (bicyclic) bond motifs is 1. The number of para-hydroxylation sites is 1. The molecular formula is C17H14ClNO4. The van der Waals surface area contributed by atoms with E-state index in [1.807, 2.05) is 0 Å². The zero-order valence-electron chi connectivity index (χ0n) is 12.4. The Morgan fingerprint density at radius 2 is 1.87 bits per heavy atom. The lowest BCUT2D eigenvalue weighted by Gasteiger charge is -2.29. The number of rotatable bonds is 4. The summed E-state index contributed by atoms with van der Waals surface area (Å²) in [5.41, 5.74) is 0.0630. The first-order chi connectivity index (χ1) is 10.9. The van der Waals surface area contributed by atoms with Gasteiger partial charge < -0.3 is 4.74 Å². The number of hydrogen-bond donors (Lipinski definition) is 0. The predicted octanol–water partition coefficient (Wildman–Crippen LogP) is 3.58. The summed E-state index contributed by atoms with van der Waals surface area (Å²) in [4.78, 5) is 23.4. The third-order valence-corrected chi connectivity index (χ3v) is 4.73. The molecule has 5 nitrogen and oxygen atoms in total. The Balaban J connectivity index is 2.19. The van der Waals surface area contributed by atoms with Crippen LogP contribution in [0.15, 0.2) is 48.5 Å². The molecule has 1 heterocycles. The van der Waals surface area contributed by atoms with E-state index in [4.69, 9.17) is 16.3 Å². The second-order valence-corrected chi connectivity index (χ2v) is 6.08. The van der Waals surface area contributed by atoms with E-state index in [2.05, 4.69) is 0 Å². The zero-order chi connectivity index (χ0) is 16.6. The fourth-order valence-corrected chi connectivity index (χ4v) is 3.40. The maximum Gasteiger partial charge on any atom is 0.322 e. The SMILES string of the molecule is C[C@]1([C@H](C[N+](=O)[O-])c2ccccc2Cl)C(=O)Oc2ccccc21. The Kier molecular flexibility index (Phi) is 3.82. The molecule has 0 N–H and O–H groups in total. The van der Waals surface area contributed by atoms with Gasteiger partial charge in [-0.2, -0.15) is 0 Å². The lowest BCUT2D eigenvalue weighted by molar-refractivity contribution is -0.484. The molecule has 3 rings (SSSR count). The van der Waals surface area contributed by atoms with Gasteiger partial charge in [0.25, 0.3) is 0 Å². The van der Waals surface area contributed by atoms with E-state index in [-0.39, 0.29) is 0 Å². The molecule has 0 fully saturated rings. The third kappa shape index (κ3) is 2.47. The van der Waals surface area contributed by atoms with Crippen molar-refractivity contribution in [1.29, 1.82) is 0 Å². The molecule has 0 amide bonds. The second kappa shape index (κ2) is 5.66. The van der Waals surface area contributed by atoms with E-state index in [0.717, 1.165) is 0 Å². The molecule has 0 aliphatic carbocycles. The van der Waals surface area contributed by atoms with Crippen LogP contribution in [0.25, 0.3) is 0 Å². The number of nitro groups is 1. The van der Waals surface area contributed by atoms with Gasteiger partial charge in [0.05, 0.1) is 5.92 Å². The standard InChI is InChI=1S/C17H14ClNO4/c1-17(12-7-3-5-9-15(12)23-16(17)20)13(10-19(21)22)11-6-2-4-8-14(11)18/h2-9,13H,10H2,1H3/t13-,17+/m1/s1. The molecule has 0 bridgehead atoms. The van der Waals surface area contributed by atoms with Gasteiger partial charge in [-0.1, -0.05) is 48.0 Å². The lowest BCUT2D eigenvalue weighted by atomic mass is 9.69. The van der Waals surface area contributed by atoms with Crippen LogP contribution < -0.4 is 4.74 Å². The van der Waals surface area contributed by atoms with Crippen molar-refractivity contribution in [1.82, 2.24) is 0 Å². The minimum atomic E-state index is -1.16. The Hall–Kier alpha value is -2.40. The number of ether oxygens (including phenoxy) is 1. The van der Waals surface area contributed by atoms with Crippen LogP contribution in [0.3, 0.4) is 0 Å². The van der Waals surface area contributed by atoms with Crippen LogP contribution in [-0.4, -0.2) is 17.4 Å². The van der Waals surface area contributed by atoms with Gasteiger partial charge in [0.2, 0.25) is 6.54 Å². The van der Waals surface area contributed by atoms with Gasteiger partial charge in [-0.15, -0.1) is 0 Å². The van der Waals surface area contributed by atoms with E-state index in [0.29, 0.717) is 21.9 Å². The Morgan fingerprint density at radius 1 is 1.22 bits per heavy atom. The molecule has 118 valence electrons. The van der Waals surface area contributed by atoms with Crippen LogP contribution in [0.5, 0.6) is 5.75 Å². The van der Waals surface area contributed by atoms with E-state index < -0.39 is 28.8 Å².